The quantitative estimate of drug-likeness (QED) is 0.563. The summed E-state index contributed by atoms with van der Waals surface area (Å²) in [6.07, 6.45) is -0.0325. The molecule has 28 heavy (non-hydrogen) atoms. The minimum absolute atomic E-state index is 0.0325. The number of aromatic hydroxyl groups is 1. The van der Waals surface area contributed by atoms with Crippen LogP contribution in [0.5, 0.6) is 11.5 Å². The first-order valence-corrected chi connectivity index (χ1v) is 9.47. The van der Waals surface area contributed by atoms with E-state index in [4.69, 9.17) is 4.74 Å². The zero-order valence-corrected chi connectivity index (χ0v) is 16.7. The van der Waals surface area contributed by atoms with Crippen LogP contribution in [0.15, 0.2) is 72.8 Å². The molecule has 0 aliphatic carbocycles. The third kappa shape index (κ3) is 4.91. The Morgan fingerprint density at radius 3 is 2.18 bits per heavy atom. The molecule has 1 atom stereocenters. The van der Waals surface area contributed by atoms with E-state index in [-0.39, 0.29) is 11.9 Å². The van der Waals surface area contributed by atoms with E-state index in [0.29, 0.717) is 5.75 Å². The highest BCUT2D eigenvalue weighted by Crippen LogP contribution is 2.33. The molecule has 0 aliphatic heterocycles. The molecule has 0 amide bonds. The maximum atomic E-state index is 10.1. The Bertz CT molecular complexity index is 882. The van der Waals surface area contributed by atoms with Gasteiger partial charge in [-0.1, -0.05) is 60.7 Å². The van der Waals surface area contributed by atoms with Gasteiger partial charge >= 0.3 is 0 Å². The highest BCUT2D eigenvalue weighted by molar-refractivity contribution is 5.47. The largest absolute Gasteiger partial charge is 0.504 e. The summed E-state index contributed by atoms with van der Waals surface area (Å²) in [5.74, 6) is 0.650. The Labute approximate surface area is 167 Å². The van der Waals surface area contributed by atoms with Crippen molar-refractivity contribution in [1.82, 2.24) is 10.2 Å². The van der Waals surface area contributed by atoms with Crippen LogP contribution in [0, 0.1) is 6.92 Å². The topological polar surface area (TPSA) is 44.7 Å². The summed E-state index contributed by atoms with van der Waals surface area (Å²) in [5, 5.41) is 13.8. The molecular formula is C24H28N2O2. The number of hydrogen-bond donors (Lipinski definition) is 2. The van der Waals surface area contributed by atoms with Crippen LogP contribution in [0.2, 0.25) is 0 Å². The van der Waals surface area contributed by atoms with Gasteiger partial charge in [0, 0.05) is 13.1 Å². The fraction of sp³-hybridized carbons (Fsp3) is 0.250. The highest BCUT2D eigenvalue weighted by Gasteiger charge is 2.21. The SMILES string of the molecule is COc1cc(C(NCc2ccccc2)N(C)Cc2ccccc2)c(C)cc1O. The average molecular weight is 377 g/mol. The fourth-order valence-electron chi connectivity index (χ4n) is 3.42. The summed E-state index contributed by atoms with van der Waals surface area (Å²) in [6, 6.07) is 24.5. The lowest BCUT2D eigenvalue weighted by Gasteiger charge is -2.31. The van der Waals surface area contributed by atoms with Gasteiger partial charge in [0.15, 0.2) is 11.5 Å². The Morgan fingerprint density at radius 1 is 0.964 bits per heavy atom. The normalized spacial score (nSPS) is 12.1. The summed E-state index contributed by atoms with van der Waals surface area (Å²) in [4.78, 5) is 2.27. The lowest BCUT2D eigenvalue weighted by Crippen LogP contribution is -2.35. The van der Waals surface area contributed by atoms with Crippen LogP contribution in [-0.2, 0) is 13.1 Å². The van der Waals surface area contributed by atoms with Crippen molar-refractivity contribution < 1.29 is 9.84 Å². The zero-order chi connectivity index (χ0) is 19.9. The van der Waals surface area contributed by atoms with E-state index < -0.39 is 0 Å². The van der Waals surface area contributed by atoms with Gasteiger partial charge in [0.1, 0.15) is 0 Å². The monoisotopic (exact) mass is 376 g/mol. The number of methoxy groups -OCH3 is 1. The van der Waals surface area contributed by atoms with Crippen LogP contribution in [0.4, 0.5) is 0 Å². The lowest BCUT2D eigenvalue weighted by molar-refractivity contribution is 0.195. The molecule has 0 radical (unpaired) electrons. The smallest absolute Gasteiger partial charge is 0.160 e. The summed E-state index contributed by atoms with van der Waals surface area (Å²) < 4.78 is 5.36. The number of aryl methyl sites for hydroxylation is 1. The van der Waals surface area contributed by atoms with Crippen LogP contribution >= 0.6 is 0 Å². The van der Waals surface area contributed by atoms with E-state index in [2.05, 4.69) is 65.8 Å². The Balaban J connectivity index is 1.89. The molecule has 3 rings (SSSR count). The van der Waals surface area contributed by atoms with Crippen LogP contribution in [-0.4, -0.2) is 24.2 Å². The second-order valence-corrected chi connectivity index (χ2v) is 7.05. The van der Waals surface area contributed by atoms with Crippen molar-refractivity contribution >= 4 is 0 Å². The van der Waals surface area contributed by atoms with Gasteiger partial charge in [-0.2, -0.15) is 0 Å². The number of nitrogens with one attached hydrogen (secondary N) is 1. The number of nitrogens with zero attached hydrogens (tertiary/aromatic N) is 1. The predicted molar refractivity (Wildman–Crippen MR) is 113 cm³/mol. The van der Waals surface area contributed by atoms with E-state index in [1.165, 1.54) is 11.1 Å². The third-order valence-electron chi connectivity index (χ3n) is 4.92. The highest BCUT2D eigenvalue weighted by atomic mass is 16.5. The van der Waals surface area contributed by atoms with Gasteiger partial charge in [0.2, 0.25) is 0 Å². The van der Waals surface area contributed by atoms with Crippen LogP contribution in [0.25, 0.3) is 0 Å². The van der Waals surface area contributed by atoms with Crippen LogP contribution in [0.3, 0.4) is 0 Å². The molecule has 3 aromatic carbocycles. The molecule has 0 heterocycles. The maximum Gasteiger partial charge on any atom is 0.160 e. The third-order valence-corrected chi connectivity index (χ3v) is 4.92. The van der Waals surface area contributed by atoms with Crippen LogP contribution < -0.4 is 10.1 Å². The van der Waals surface area contributed by atoms with E-state index in [9.17, 15) is 5.11 Å². The van der Waals surface area contributed by atoms with Crippen LogP contribution in [0.1, 0.15) is 28.4 Å². The summed E-state index contributed by atoms with van der Waals surface area (Å²) in [7, 11) is 3.68. The lowest BCUT2D eigenvalue weighted by atomic mass is 10.0. The fourth-order valence-corrected chi connectivity index (χ4v) is 3.42. The minimum atomic E-state index is -0.0325. The van der Waals surface area contributed by atoms with Crippen molar-refractivity contribution in [3.8, 4) is 11.5 Å². The molecule has 0 bridgehead atoms. The Kier molecular flexibility index (Phi) is 6.69. The first-order valence-electron chi connectivity index (χ1n) is 9.47. The molecule has 4 heteroatoms. The number of rotatable bonds is 8. The second kappa shape index (κ2) is 9.40. The standard InChI is InChI=1S/C24H28N2O2/c1-18-14-22(27)23(28-3)15-21(18)24(25-16-19-10-6-4-7-11-19)26(2)17-20-12-8-5-9-13-20/h4-15,24-25,27H,16-17H2,1-3H3. The Hall–Kier alpha value is -2.82. The molecule has 0 aromatic heterocycles. The molecule has 0 saturated heterocycles. The van der Waals surface area contributed by atoms with Crippen molar-refractivity contribution in [3.63, 3.8) is 0 Å². The minimum Gasteiger partial charge on any atom is -0.504 e. The summed E-state index contributed by atoms with van der Waals surface area (Å²) in [5.41, 5.74) is 4.58. The molecule has 2 N–H and O–H groups in total. The van der Waals surface area contributed by atoms with Gasteiger partial charge in [-0.3, -0.25) is 10.2 Å². The molecular weight excluding hydrogens is 348 g/mol. The van der Waals surface area contributed by atoms with Gasteiger partial charge in [0.25, 0.3) is 0 Å². The maximum absolute atomic E-state index is 10.1. The van der Waals surface area contributed by atoms with Crippen molar-refractivity contribution in [2.45, 2.75) is 26.2 Å². The predicted octanol–water partition coefficient (Wildman–Crippen LogP) is 4.63. The van der Waals surface area contributed by atoms with Gasteiger partial charge in [-0.15, -0.1) is 0 Å². The number of benzene rings is 3. The van der Waals surface area contributed by atoms with E-state index in [0.717, 1.165) is 24.2 Å². The average Bonchev–Trinajstić information content (AvgIpc) is 2.71. The number of phenols is 1. The second-order valence-electron chi connectivity index (χ2n) is 7.05. The van der Waals surface area contributed by atoms with E-state index in [1.807, 2.05) is 25.1 Å². The Morgan fingerprint density at radius 2 is 1.57 bits per heavy atom. The van der Waals surface area contributed by atoms with Crippen molar-refractivity contribution in [1.29, 1.82) is 0 Å². The van der Waals surface area contributed by atoms with Crippen molar-refractivity contribution in [2.24, 2.45) is 0 Å². The first kappa shape index (κ1) is 19.9. The summed E-state index contributed by atoms with van der Waals surface area (Å²) in [6.45, 7) is 3.56. The van der Waals surface area contributed by atoms with Gasteiger partial charge in [0.05, 0.1) is 13.3 Å². The van der Waals surface area contributed by atoms with E-state index in [1.54, 1.807) is 13.2 Å². The molecule has 146 valence electrons. The van der Waals surface area contributed by atoms with E-state index >= 15 is 0 Å². The molecule has 3 aromatic rings. The van der Waals surface area contributed by atoms with Gasteiger partial charge < -0.3 is 9.84 Å². The molecule has 0 aliphatic rings. The first-order chi connectivity index (χ1) is 13.6. The summed E-state index contributed by atoms with van der Waals surface area (Å²) >= 11 is 0. The van der Waals surface area contributed by atoms with Crippen molar-refractivity contribution in [3.05, 3.63) is 95.1 Å². The number of phenolic OH excluding ortho intramolecular Hbond substituents is 1. The van der Waals surface area contributed by atoms with Crippen molar-refractivity contribution in [2.75, 3.05) is 14.2 Å². The number of ether oxygens (including phenoxy) is 1. The molecule has 0 fully saturated rings. The molecule has 1 unspecified atom stereocenters. The number of hydrogen-bond acceptors (Lipinski definition) is 4. The van der Waals surface area contributed by atoms with Gasteiger partial charge in [-0.05, 0) is 48.4 Å². The molecule has 0 saturated carbocycles. The van der Waals surface area contributed by atoms with Gasteiger partial charge in [-0.25, -0.2) is 0 Å². The molecule has 0 spiro atoms. The zero-order valence-electron chi connectivity index (χ0n) is 16.7. The molecule has 4 nitrogen and oxygen atoms in total.